The lowest BCUT2D eigenvalue weighted by atomic mass is 10.2. The molecule has 0 bridgehead atoms. The summed E-state index contributed by atoms with van der Waals surface area (Å²) >= 11 is 0. The summed E-state index contributed by atoms with van der Waals surface area (Å²) in [5.41, 5.74) is 15.0. The predicted octanol–water partition coefficient (Wildman–Crippen LogP) is 1.66. The minimum absolute atomic E-state index is 0.102. The van der Waals surface area contributed by atoms with Gasteiger partial charge in [-0.2, -0.15) is 4.99 Å². The maximum absolute atomic E-state index is 11.7. The molecule has 1 aliphatic heterocycles. The smallest absolute Gasteiger partial charge is 0.346 e. The van der Waals surface area contributed by atoms with Crippen molar-refractivity contribution in [3.05, 3.63) is 46.3 Å². The van der Waals surface area contributed by atoms with Crippen LogP contribution in [0.4, 0.5) is 4.79 Å². The second kappa shape index (κ2) is 5.20. The molecule has 7 heteroatoms. The van der Waals surface area contributed by atoms with Gasteiger partial charge in [0.25, 0.3) is 0 Å². The lowest BCUT2D eigenvalue weighted by Gasteiger charge is -2.22. The molecule has 1 atom stereocenters. The molecule has 1 aromatic rings. The highest BCUT2D eigenvalue weighted by atomic mass is 16.2. The molecule has 0 aliphatic carbocycles. The minimum atomic E-state index is -0.450. The van der Waals surface area contributed by atoms with Crippen LogP contribution in [0.25, 0.3) is 10.4 Å². The third-order valence-electron chi connectivity index (χ3n) is 2.70. The molecule has 18 heavy (non-hydrogen) atoms. The quantitative estimate of drug-likeness (QED) is 0.493. The topological polar surface area (TPSA) is 107 Å². The number of carbonyl (C=O) groups excluding carboxylic acids is 1. The number of nitrogens with two attached hydrogens (primary N) is 1. The number of carbonyl (C=O) groups is 1. The summed E-state index contributed by atoms with van der Waals surface area (Å²) in [6, 6.07) is 8.66. The number of benzene rings is 1. The SMILES string of the molecule is [N-]=[N+]=NCC1C(N)=NC(=O)N1Cc1ccccc1. The summed E-state index contributed by atoms with van der Waals surface area (Å²) in [5.74, 6) is 0.198. The van der Waals surface area contributed by atoms with E-state index < -0.39 is 12.1 Å². The van der Waals surface area contributed by atoms with Gasteiger partial charge in [0.15, 0.2) is 0 Å². The standard InChI is InChI=1S/C11H12N6O/c12-10-9(6-14-16-13)17(11(18)15-10)7-8-4-2-1-3-5-8/h1-5,9H,6-7H2,(H2,12,15,18). The van der Waals surface area contributed by atoms with Crippen molar-refractivity contribution in [3.8, 4) is 0 Å². The molecule has 1 aliphatic rings. The Bertz CT molecular complexity index is 520. The molecular weight excluding hydrogens is 232 g/mol. The van der Waals surface area contributed by atoms with Crippen LogP contribution < -0.4 is 5.73 Å². The highest BCUT2D eigenvalue weighted by Crippen LogP contribution is 2.16. The molecule has 0 aromatic heterocycles. The van der Waals surface area contributed by atoms with E-state index in [2.05, 4.69) is 15.0 Å². The average Bonchev–Trinajstić information content (AvgIpc) is 2.63. The van der Waals surface area contributed by atoms with Crippen molar-refractivity contribution in [2.24, 2.45) is 15.8 Å². The normalized spacial score (nSPS) is 18.4. The van der Waals surface area contributed by atoms with Crippen LogP contribution in [0.15, 0.2) is 40.4 Å². The Morgan fingerprint density at radius 3 is 2.83 bits per heavy atom. The van der Waals surface area contributed by atoms with E-state index in [0.29, 0.717) is 6.54 Å². The Morgan fingerprint density at radius 1 is 1.44 bits per heavy atom. The molecular formula is C11H12N6O. The van der Waals surface area contributed by atoms with Crippen molar-refractivity contribution in [1.29, 1.82) is 0 Å². The molecule has 0 spiro atoms. The van der Waals surface area contributed by atoms with Gasteiger partial charge in [-0.15, -0.1) is 0 Å². The predicted molar refractivity (Wildman–Crippen MR) is 66.8 cm³/mol. The van der Waals surface area contributed by atoms with Crippen LogP contribution in [0.5, 0.6) is 0 Å². The highest BCUT2D eigenvalue weighted by molar-refractivity contribution is 6.02. The first-order valence-corrected chi connectivity index (χ1v) is 5.42. The van der Waals surface area contributed by atoms with Gasteiger partial charge in [-0.25, -0.2) is 4.79 Å². The summed E-state index contributed by atoms with van der Waals surface area (Å²) in [4.78, 5) is 19.6. The zero-order valence-electron chi connectivity index (χ0n) is 9.60. The zero-order valence-corrected chi connectivity index (χ0v) is 9.60. The largest absolute Gasteiger partial charge is 0.385 e. The van der Waals surface area contributed by atoms with E-state index in [9.17, 15) is 4.79 Å². The van der Waals surface area contributed by atoms with E-state index in [4.69, 9.17) is 11.3 Å². The molecule has 0 fully saturated rings. The van der Waals surface area contributed by atoms with E-state index >= 15 is 0 Å². The van der Waals surface area contributed by atoms with Crippen LogP contribution in [0.3, 0.4) is 0 Å². The van der Waals surface area contributed by atoms with Crippen molar-refractivity contribution in [1.82, 2.24) is 4.90 Å². The van der Waals surface area contributed by atoms with Gasteiger partial charge in [0.05, 0.1) is 12.6 Å². The fourth-order valence-electron chi connectivity index (χ4n) is 1.81. The van der Waals surface area contributed by atoms with E-state index in [0.717, 1.165) is 5.56 Å². The molecule has 2 N–H and O–H groups in total. The zero-order chi connectivity index (χ0) is 13.0. The minimum Gasteiger partial charge on any atom is -0.385 e. The Morgan fingerprint density at radius 2 is 2.17 bits per heavy atom. The lowest BCUT2D eigenvalue weighted by molar-refractivity contribution is 0.204. The van der Waals surface area contributed by atoms with Gasteiger partial charge >= 0.3 is 6.03 Å². The number of azide groups is 1. The molecule has 1 unspecified atom stereocenters. The van der Waals surface area contributed by atoms with Gasteiger partial charge in [-0.3, -0.25) is 0 Å². The Labute approximate surface area is 104 Å². The van der Waals surface area contributed by atoms with Gasteiger partial charge in [0.1, 0.15) is 5.84 Å². The fraction of sp³-hybridized carbons (Fsp3) is 0.273. The van der Waals surface area contributed by atoms with Crippen molar-refractivity contribution in [2.45, 2.75) is 12.6 Å². The molecule has 1 heterocycles. The second-order valence-electron chi connectivity index (χ2n) is 3.86. The second-order valence-corrected chi connectivity index (χ2v) is 3.86. The van der Waals surface area contributed by atoms with Gasteiger partial charge in [0.2, 0.25) is 0 Å². The summed E-state index contributed by atoms with van der Waals surface area (Å²) in [6.07, 6.45) is 0. The molecule has 1 aromatic carbocycles. The van der Waals surface area contributed by atoms with Crippen LogP contribution in [0.1, 0.15) is 5.56 Å². The first kappa shape index (κ1) is 11.9. The van der Waals surface area contributed by atoms with E-state index in [1.807, 2.05) is 30.3 Å². The van der Waals surface area contributed by atoms with Crippen molar-refractivity contribution in [3.63, 3.8) is 0 Å². The van der Waals surface area contributed by atoms with Crippen molar-refractivity contribution < 1.29 is 4.79 Å². The number of hydrogen-bond acceptors (Lipinski definition) is 3. The van der Waals surface area contributed by atoms with Gasteiger partial charge < -0.3 is 10.6 Å². The third kappa shape index (κ3) is 2.41. The molecule has 7 nitrogen and oxygen atoms in total. The molecule has 92 valence electrons. The number of amides is 2. The number of aliphatic imine (C=N–C) groups is 1. The highest BCUT2D eigenvalue weighted by Gasteiger charge is 2.32. The Hall–Kier alpha value is -2.53. The molecule has 0 saturated carbocycles. The summed E-state index contributed by atoms with van der Waals surface area (Å²) in [5, 5.41) is 3.46. The van der Waals surface area contributed by atoms with E-state index in [1.54, 1.807) is 0 Å². The van der Waals surface area contributed by atoms with E-state index in [-0.39, 0.29) is 12.4 Å². The summed E-state index contributed by atoms with van der Waals surface area (Å²) in [6.45, 7) is 0.500. The monoisotopic (exact) mass is 244 g/mol. The van der Waals surface area contributed by atoms with Crippen LogP contribution in [-0.4, -0.2) is 29.4 Å². The number of amidine groups is 1. The first-order chi connectivity index (χ1) is 8.72. The van der Waals surface area contributed by atoms with Crippen LogP contribution in [0.2, 0.25) is 0 Å². The Kier molecular flexibility index (Phi) is 3.45. The van der Waals surface area contributed by atoms with Crippen molar-refractivity contribution >= 4 is 11.9 Å². The maximum atomic E-state index is 11.7. The molecule has 0 saturated heterocycles. The lowest BCUT2D eigenvalue weighted by Crippen LogP contribution is -2.42. The van der Waals surface area contributed by atoms with Crippen LogP contribution in [-0.2, 0) is 6.54 Å². The van der Waals surface area contributed by atoms with Gasteiger partial charge in [-0.05, 0) is 11.1 Å². The third-order valence-corrected chi connectivity index (χ3v) is 2.70. The summed E-state index contributed by atoms with van der Waals surface area (Å²) in [7, 11) is 0. The van der Waals surface area contributed by atoms with Crippen LogP contribution >= 0.6 is 0 Å². The number of nitrogens with zero attached hydrogens (tertiary/aromatic N) is 5. The van der Waals surface area contributed by atoms with Crippen molar-refractivity contribution in [2.75, 3.05) is 6.54 Å². The Balaban J connectivity index is 2.15. The van der Waals surface area contributed by atoms with Gasteiger partial charge in [0, 0.05) is 11.5 Å². The average molecular weight is 244 g/mol. The fourth-order valence-corrected chi connectivity index (χ4v) is 1.81. The maximum Gasteiger partial charge on any atom is 0.346 e. The molecule has 0 radical (unpaired) electrons. The van der Waals surface area contributed by atoms with Gasteiger partial charge in [-0.1, -0.05) is 35.4 Å². The number of urea groups is 1. The summed E-state index contributed by atoms with van der Waals surface area (Å²) < 4.78 is 0. The number of rotatable bonds is 4. The molecule has 2 amide bonds. The van der Waals surface area contributed by atoms with E-state index in [1.165, 1.54) is 4.90 Å². The number of hydrogen-bond donors (Lipinski definition) is 1. The first-order valence-electron chi connectivity index (χ1n) is 5.42. The molecule has 2 rings (SSSR count). The van der Waals surface area contributed by atoms with Crippen LogP contribution in [0, 0.1) is 0 Å².